The van der Waals surface area contributed by atoms with Crippen LogP contribution in [0.2, 0.25) is 0 Å². The number of ether oxygens (including phenoxy) is 1. The zero-order valence-corrected chi connectivity index (χ0v) is 14.9. The number of hydrogen-bond donors (Lipinski definition) is 2. The van der Waals surface area contributed by atoms with Crippen molar-refractivity contribution in [2.24, 2.45) is 0 Å². The van der Waals surface area contributed by atoms with Gasteiger partial charge < -0.3 is 14.9 Å². The van der Waals surface area contributed by atoms with E-state index in [0.29, 0.717) is 5.75 Å². The second kappa shape index (κ2) is 16.1. The first-order valence-electron chi connectivity index (χ1n) is 8.81. The summed E-state index contributed by atoms with van der Waals surface area (Å²) in [7, 11) is 0. The van der Waals surface area contributed by atoms with Gasteiger partial charge in [-0.25, -0.2) is 4.79 Å². The van der Waals surface area contributed by atoms with E-state index in [4.69, 9.17) is 5.11 Å². The lowest BCUT2D eigenvalue weighted by Gasteiger charge is -2.04. The molecule has 1 aliphatic heterocycles. The highest BCUT2D eigenvalue weighted by atomic mass is 16.6. The van der Waals surface area contributed by atoms with E-state index in [9.17, 15) is 9.90 Å². The Bertz CT molecular complexity index is 438. The number of aryl methyl sites for hydroxylation is 1. The van der Waals surface area contributed by atoms with E-state index in [-0.39, 0.29) is 0 Å². The van der Waals surface area contributed by atoms with Crippen molar-refractivity contribution in [2.45, 2.75) is 58.3 Å². The normalized spacial score (nSPS) is 11.4. The molecule has 4 nitrogen and oxygen atoms in total. The van der Waals surface area contributed by atoms with Crippen LogP contribution in [0.15, 0.2) is 36.9 Å². The van der Waals surface area contributed by atoms with Crippen LogP contribution in [0, 0.1) is 0 Å². The van der Waals surface area contributed by atoms with Gasteiger partial charge >= 0.3 is 5.97 Å². The molecule has 0 aliphatic carbocycles. The Hall–Kier alpha value is -1.81. The summed E-state index contributed by atoms with van der Waals surface area (Å²) in [6.45, 7) is 7.21. The van der Waals surface area contributed by atoms with Gasteiger partial charge in [0.25, 0.3) is 0 Å². The predicted octanol–water partition coefficient (Wildman–Crippen LogP) is 4.96. The summed E-state index contributed by atoms with van der Waals surface area (Å²) in [6, 6.07) is 7.67. The third-order valence-electron chi connectivity index (χ3n) is 3.42. The Labute approximate surface area is 146 Å². The third kappa shape index (κ3) is 16.6. The molecule has 2 N–H and O–H groups in total. The van der Waals surface area contributed by atoms with Crippen LogP contribution in [0.3, 0.4) is 0 Å². The summed E-state index contributed by atoms with van der Waals surface area (Å²) in [5.41, 5.74) is 1.09. The first kappa shape index (κ1) is 22.2. The van der Waals surface area contributed by atoms with Gasteiger partial charge in [0.05, 0.1) is 13.2 Å². The van der Waals surface area contributed by atoms with Crippen molar-refractivity contribution >= 4 is 5.97 Å². The zero-order chi connectivity index (χ0) is 18.0. The van der Waals surface area contributed by atoms with Gasteiger partial charge in [-0.05, 0) is 24.5 Å². The minimum absolute atomic E-state index is 0.452. The third-order valence-corrected chi connectivity index (χ3v) is 3.42. The highest BCUT2D eigenvalue weighted by molar-refractivity contribution is 5.78. The van der Waals surface area contributed by atoms with Gasteiger partial charge in [0.15, 0.2) is 0 Å². The molecule has 4 heteroatoms. The lowest BCUT2D eigenvalue weighted by molar-refractivity contribution is -0.131. The SMILES string of the molecule is C1CO1.C=CC(=O)O.CCCCCCCCCc1ccccc1O. The van der Waals surface area contributed by atoms with E-state index in [2.05, 4.69) is 18.2 Å². The Morgan fingerprint density at radius 2 is 1.62 bits per heavy atom. The van der Waals surface area contributed by atoms with Crippen LogP contribution in [0.5, 0.6) is 5.75 Å². The second-order valence-electron chi connectivity index (χ2n) is 5.65. The Morgan fingerprint density at radius 3 is 2.08 bits per heavy atom. The van der Waals surface area contributed by atoms with Crippen LogP contribution in [0.4, 0.5) is 0 Å². The Balaban J connectivity index is 0.000000541. The van der Waals surface area contributed by atoms with E-state index in [1.165, 1.54) is 44.9 Å². The molecular weight excluding hydrogens is 304 g/mol. The van der Waals surface area contributed by atoms with Crippen molar-refractivity contribution in [1.82, 2.24) is 0 Å². The largest absolute Gasteiger partial charge is 0.508 e. The highest BCUT2D eigenvalue weighted by Crippen LogP contribution is 2.18. The van der Waals surface area contributed by atoms with Gasteiger partial charge in [-0.2, -0.15) is 0 Å². The average Bonchev–Trinajstić information content (AvgIpc) is 3.45. The number of carboxylic acid groups (broad SMARTS) is 1. The molecule has 1 aromatic carbocycles. The van der Waals surface area contributed by atoms with Gasteiger partial charge in [-0.1, -0.05) is 70.2 Å². The van der Waals surface area contributed by atoms with E-state index in [1.807, 2.05) is 18.2 Å². The molecule has 0 amide bonds. The molecule has 0 atom stereocenters. The molecule has 2 rings (SSSR count). The minimum atomic E-state index is -0.981. The summed E-state index contributed by atoms with van der Waals surface area (Å²) in [6.07, 6.45) is 11.1. The molecule has 1 aliphatic rings. The first-order chi connectivity index (χ1) is 11.6. The maximum atomic E-state index is 9.58. The minimum Gasteiger partial charge on any atom is -0.508 e. The molecule has 24 heavy (non-hydrogen) atoms. The number of rotatable bonds is 9. The summed E-state index contributed by atoms with van der Waals surface area (Å²) >= 11 is 0. The second-order valence-corrected chi connectivity index (χ2v) is 5.65. The smallest absolute Gasteiger partial charge is 0.327 e. The number of phenols is 1. The summed E-state index contributed by atoms with van der Waals surface area (Å²) in [5.74, 6) is -0.529. The van der Waals surface area contributed by atoms with Crippen molar-refractivity contribution in [2.75, 3.05) is 13.2 Å². The van der Waals surface area contributed by atoms with Crippen molar-refractivity contribution in [3.05, 3.63) is 42.5 Å². The van der Waals surface area contributed by atoms with Crippen LogP contribution in [-0.2, 0) is 16.0 Å². The van der Waals surface area contributed by atoms with E-state index >= 15 is 0 Å². The van der Waals surface area contributed by atoms with E-state index < -0.39 is 5.97 Å². The van der Waals surface area contributed by atoms with Gasteiger partial charge in [0.1, 0.15) is 5.75 Å². The lowest BCUT2D eigenvalue weighted by Crippen LogP contribution is -1.87. The lowest BCUT2D eigenvalue weighted by atomic mass is 10.0. The van der Waals surface area contributed by atoms with Crippen LogP contribution in [-0.4, -0.2) is 29.4 Å². The fraction of sp³-hybridized carbons (Fsp3) is 0.550. The molecule has 0 unspecified atom stereocenters. The molecule has 136 valence electrons. The maximum Gasteiger partial charge on any atom is 0.327 e. The summed E-state index contributed by atoms with van der Waals surface area (Å²) in [4.78, 5) is 9.25. The predicted molar refractivity (Wildman–Crippen MR) is 98.5 cm³/mol. The number of benzene rings is 1. The van der Waals surface area contributed by atoms with Gasteiger partial charge in [0.2, 0.25) is 0 Å². The molecule has 0 radical (unpaired) electrons. The highest BCUT2D eigenvalue weighted by Gasteiger charge is 1.98. The molecule has 1 saturated heterocycles. The number of para-hydroxylation sites is 1. The molecule has 0 spiro atoms. The van der Waals surface area contributed by atoms with E-state index in [1.54, 1.807) is 6.07 Å². The van der Waals surface area contributed by atoms with Crippen LogP contribution in [0.25, 0.3) is 0 Å². The zero-order valence-electron chi connectivity index (χ0n) is 14.9. The molecule has 1 heterocycles. The molecular formula is C20H32O4. The van der Waals surface area contributed by atoms with Gasteiger partial charge in [-0.3, -0.25) is 0 Å². The number of phenolic OH excluding ortho intramolecular Hbond substituents is 1. The fourth-order valence-electron chi connectivity index (χ4n) is 1.99. The first-order valence-corrected chi connectivity index (χ1v) is 8.81. The van der Waals surface area contributed by atoms with E-state index in [0.717, 1.165) is 31.3 Å². The number of hydrogen-bond acceptors (Lipinski definition) is 3. The van der Waals surface area contributed by atoms with Gasteiger partial charge in [0, 0.05) is 6.08 Å². The van der Waals surface area contributed by atoms with Gasteiger partial charge in [-0.15, -0.1) is 0 Å². The monoisotopic (exact) mass is 336 g/mol. The standard InChI is InChI=1S/C15H24O.C3H4O2.C2H4O/c1-2-3-4-5-6-7-8-11-14-12-9-10-13-15(14)16;1-2-3(4)5;1-2-3-1/h9-10,12-13,16H,2-8,11H2,1H3;2H,1H2,(H,4,5);1-2H2. The van der Waals surface area contributed by atoms with Crippen LogP contribution in [0.1, 0.15) is 57.4 Å². The number of epoxide rings is 1. The van der Waals surface area contributed by atoms with Crippen molar-refractivity contribution in [1.29, 1.82) is 0 Å². The maximum absolute atomic E-state index is 9.58. The quantitative estimate of drug-likeness (QED) is 0.380. The number of aliphatic carboxylic acids is 1. The summed E-state index contributed by atoms with van der Waals surface area (Å²) in [5, 5.41) is 17.2. The molecule has 1 fully saturated rings. The molecule has 0 saturated carbocycles. The Morgan fingerprint density at radius 1 is 1.12 bits per heavy atom. The summed E-state index contributed by atoms with van der Waals surface area (Å²) < 4.78 is 4.50. The fourth-order valence-corrected chi connectivity index (χ4v) is 1.99. The Kier molecular flexibility index (Phi) is 14.9. The average molecular weight is 336 g/mol. The van der Waals surface area contributed by atoms with Crippen molar-refractivity contribution < 1.29 is 19.7 Å². The molecule has 1 aromatic rings. The number of carboxylic acids is 1. The number of carbonyl (C=O) groups is 1. The number of aromatic hydroxyl groups is 1. The van der Waals surface area contributed by atoms with Crippen LogP contribution < -0.4 is 0 Å². The number of unbranched alkanes of at least 4 members (excludes halogenated alkanes) is 6. The molecule has 0 aromatic heterocycles. The molecule has 0 bridgehead atoms. The topological polar surface area (TPSA) is 70.1 Å². The van der Waals surface area contributed by atoms with Crippen molar-refractivity contribution in [3.63, 3.8) is 0 Å². The van der Waals surface area contributed by atoms with Crippen molar-refractivity contribution in [3.8, 4) is 5.75 Å². The van der Waals surface area contributed by atoms with Crippen LogP contribution >= 0.6 is 0 Å².